The molecule has 0 aliphatic heterocycles. The average molecular weight is 481 g/mol. The quantitative estimate of drug-likeness (QED) is 0.342. The molecule has 3 heteroatoms. The summed E-state index contributed by atoms with van der Waals surface area (Å²) in [5.74, 6) is 2.60. The van der Waals surface area contributed by atoms with E-state index in [0.717, 1.165) is 24.3 Å². The number of alkyl halides is 2. The van der Waals surface area contributed by atoms with Gasteiger partial charge < -0.3 is 4.74 Å². The molecule has 2 aromatic rings. The van der Waals surface area contributed by atoms with E-state index < -0.39 is 12.2 Å². The minimum absolute atomic E-state index is 0.0694. The second kappa shape index (κ2) is 11.8. The molecular formula is C32H42F2O. The summed E-state index contributed by atoms with van der Waals surface area (Å²) in [5, 5.41) is 0. The van der Waals surface area contributed by atoms with Gasteiger partial charge in [-0.25, -0.2) is 0 Å². The first-order chi connectivity index (χ1) is 16.9. The van der Waals surface area contributed by atoms with Crippen LogP contribution < -0.4 is 0 Å². The van der Waals surface area contributed by atoms with Crippen molar-refractivity contribution in [1.29, 1.82) is 0 Å². The van der Waals surface area contributed by atoms with Crippen molar-refractivity contribution in [2.24, 2.45) is 11.8 Å². The highest BCUT2D eigenvalue weighted by molar-refractivity contribution is 5.29. The summed E-state index contributed by atoms with van der Waals surface area (Å²) in [6.45, 7) is 6.07. The van der Waals surface area contributed by atoms with Crippen molar-refractivity contribution in [3.8, 4) is 0 Å². The average Bonchev–Trinajstić information content (AvgIpc) is 2.89. The minimum atomic E-state index is -3.32. The first-order valence-corrected chi connectivity index (χ1v) is 13.8. The molecule has 0 heterocycles. The molecule has 0 saturated heterocycles. The Kier molecular flexibility index (Phi) is 8.81. The van der Waals surface area contributed by atoms with E-state index in [1.807, 2.05) is 24.3 Å². The molecule has 0 bridgehead atoms. The summed E-state index contributed by atoms with van der Waals surface area (Å²) in [5.41, 5.74) is 3.22. The molecule has 1 unspecified atom stereocenters. The Morgan fingerprint density at radius 2 is 1.34 bits per heavy atom. The van der Waals surface area contributed by atoms with E-state index in [1.54, 1.807) is 19.1 Å². The summed E-state index contributed by atoms with van der Waals surface area (Å²) in [4.78, 5) is 0. The van der Waals surface area contributed by atoms with Gasteiger partial charge in [-0.15, -0.1) is 0 Å². The highest BCUT2D eigenvalue weighted by Crippen LogP contribution is 2.40. The molecule has 0 aromatic heterocycles. The summed E-state index contributed by atoms with van der Waals surface area (Å²) in [6.07, 6.45) is 11.3. The van der Waals surface area contributed by atoms with Gasteiger partial charge in [-0.1, -0.05) is 74.0 Å². The van der Waals surface area contributed by atoms with Crippen LogP contribution in [0.15, 0.2) is 60.7 Å². The van der Waals surface area contributed by atoms with Gasteiger partial charge in [0.15, 0.2) is 0 Å². The second-order valence-electron chi connectivity index (χ2n) is 10.8. The van der Waals surface area contributed by atoms with Crippen LogP contribution in [-0.2, 0) is 10.8 Å². The minimum Gasteiger partial charge on any atom is -0.309 e. The number of allylic oxidation sites excluding steroid dienone is 2. The van der Waals surface area contributed by atoms with E-state index in [4.69, 9.17) is 4.74 Å². The van der Waals surface area contributed by atoms with Crippen molar-refractivity contribution in [1.82, 2.24) is 0 Å². The molecule has 35 heavy (non-hydrogen) atoms. The molecule has 4 rings (SSSR count). The topological polar surface area (TPSA) is 9.23 Å². The molecule has 2 fully saturated rings. The Balaban J connectivity index is 1.33. The summed E-state index contributed by atoms with van der Waals surface area (Å²) in [6, 6.07) is 15.0. The number of hydrogen-bond donors (Lipinski definition) is 0. The number of ether oxygens (including phenoxy) is 1. The van der Waals surface area contributed by atoms with E-state index in [0.29, 0.717) is 17.8 Å². The lowest BCUT2D eigenvalue weighted by molar-refractivity contribution is -0.272. The summed E-state index contributed by atoms with van der Waals surface area (Å²) < 4.78 is 35.3. The van der Waals surface area contributed by atoms with Crippen LogP contribution in [0.5, 0.6) is 0 Å². The third-order valence-electron chi connectivity index (χ3n) is 8.58. The Bertz CT molecular complexity index is 931. The zero-order chi connectivity index (χ0) is 24.8. The Morgan fingerprint density at radius 3 is 1.86 bits per heavy atom. The van der Waals surface area contributed by atoms with Crippen molar-refractivity contribution in [2.45, 2.75) is 103 Å². The summed E-state index contributed by atoms with van der Waals surface area (Å²) in [7, 11) is 0. The molecular weight excluding hydrogens is 438 g/mol. The molecule has 2 aliphatic rings. The smallest absolute Gasteiger partial charge is 0.309 e. The maximum atomic E-state index is 15.0. The van der Waals surface area contributed by atoms with Gasteiger partial charge in [0.1, 0.15) is 0 Å². The van der Waals surface area contributed by atoms with Crippen molar-refractivity contribution in [3.63, 3.8) is 0 Å². The number of hydrogen-bond acceptors (Lipinski definition) is 1. The lowest BCUT2D eigenvalue weighted by Crippen LogP contribution is -2.20. The molecule has 2 aliphatic carbocycles. The third-order valence-corrected chi connectivity index (χ3v) is 8.58. The van der Waals surface area contributed by atoms with Crippen molar-refractivity contribution in [2.75, 3.05) is 0 Å². The van der Waals surface area contributed by atoms with Crippen molar-refractivity contribution < 1.29 is 13.5 Å². The van der Waals surface area contributed by atoms with Gasteiger partial charge in [-0.05, 0) is 106 Å². The molecule has 1 atom stereocenters. The molecule has 2 saturated carbocycles. The van der Waals surface area contributed by atoms with E-state index in [2.05, 4.69) is 38.1 Å². The van der Waals surface area contributed by atoms with Gasteiger partial charge in [-0.2, -0.15) is 8.78 Å². The van der Waals surface area contributed by atoms with Gasteiger partial charge in [0.2, 0.25) is 0 Å². The van der Waals surface area contributed by atoms with Crippen LogP contribution in [0.2, 0.25) is 0 Å². The normalized spacial score (nSPS) is 26.7. The van der Waals surface area contributed by atoms with Gasteiger partial charge in [-0.3, -0.25) is 0 Å². The van der Waals surface area contributed by atoms with Crippen molar-refractivity contribution in [3.05, 3.63) is 82.9 Å². The zero-order valence-electron chi connectivity index (χ0n) is 21.7. The Morgan fingerprint density at radius 1 is 0.829 bits per heavy atom. The Hall–Kier alpha value is -2.00. The van der Waals surface area contributed by atoms with E-state index >= 15 is 8.78 Å². The highest BCUT2D eigenvalue weighted by Gasteiger charge is 2.35. The maximum Gasteiger partial charge on any atom is 0.383 e. The second-order valence-corrected chi connectivity index (χ2v) is 10.8. The molecule has 1 nitrogen and oxygen atoms in total. The van der Waals surface area contributed by atoms with Gasteiger partial charge in [0.05, 0.1) is 11.7 Å². The van der Waals surface area contributed by atoms with Crippen LogP contribution in [-0.4, -0.2) is 0 Å². The fraction of sp³-hybridized carbons (Fsp3) is 0.562. The van der Waals surface area contributed by atoms with Gasteiger partial charge in [0, 0.05) is 0 Å². The van der Waals surface area contributed by atoms with E-state index in [9.17, 15) is 0 Å². The molecule has 0 amide bonds. The van der Waals surface area contributed by atoms with Crippen LogP contribution in [0.3, 0.4) is 0 Å². The first kappa shape index (κ1) is 26.1. The lowest BCUT2D eigenvalue weighted by Gasteiger charge is -2.28. The molecule has 2 aromatic carbocycles. The molecule has 190 valence electrons. The van der Waals surface area contributed by atoms with Gasteiger partial charge >= 0.3 is 6.11 Å². The summed E-state index contributed by atoms with van der Waals surface area (Å²) >= 11 is 0. The van der Waals surface area contributed by atoms with Crippen LogP contribution in [0.4, 0.5) is 8.78 Å². The van der Waals surface area contributed by atoms with Crippen LogP contribution >= 0.6 is 0 Å². The predicted molar refractivity (Wildman–Crippen MR) is 141 cm³/mol. The third kappa shape index (κ3) is 6.61. The van der Waals surface area contributed by atoms with E-state index in [1.165, 1.54) is 56.1 Å². The largest absolute Gasteiger partial charge is 0.383 e. The maximum absolute atomic E-state index is 15.0. The number of halogens is 2. The fourth-order valence-corrected chi connectivity index (χ4v) is 6.17. The van der Waals surface area contributed by atoms with Crippen LogP contribution in [0, 0.1) is 11.8 Å². The first-order valence-electron chi connectivity index (χ1n) is 13.8. The molecule has 0 N–H and O–H groups in total. The highest BCUT2D eigenvalue weighted by atomic mass is 19.3. The lowest BCUT2D eigenvalue weighted by atomic mass is 9.78. The number of rotatable bonds is 8. The Labute approximate surface area is 211 Å². The predicted octanol–water partition coefficient (Wildman–Crippen LogP) is 10.0. The molecule has 0 spiro atoms. The van der Waals surface area contributed by atoms with E-state index in [-0.39, 0.29) is 5.56 Å². The van der Waals surface area contributed by atoms with Crippen molar-refractivity contribution >= 4 is 0 Å². The fourth-order valence-electron chi connectivity index (χ4n) is 6.17. The zero-order valence-corrected chi connectivity index (χ0v) is 21.7. The SMILES string of the molecule is C/C=C/C1CCC(c2ccc(C(F)(F)OC(C)c3ccc(C4CCC(CC)CC4)cc3)cc2)CC1. The monoisotopic (exact) mass is 480 g/mol. The van der Waals surface area contributed by atoms with Gasteiger partial charge in [0.25, 0.3) is 0 Å². The van der Waals surface area contributed by atoms with Crippen LogP contribution in [0.25, 0.3) is 0 Å². The standard InChI is InChI=1S/C32H42F2O/c1-4-6-25-9-13-28(14-10-25)30-19-21-31(22-20-30)32(33,34)35-23(3)26-15-17-29(18-16-26)27-11-7-24(5-2)8-12-27/h4,6,15-25,27-28H,5,7-14H2,1-3H3/b6-4+. The molecule has 0 radical (unpaired) electrons. The van der Waals surface area contributed by atoms with Crippen LogP contribution in [0.1, 0.15) is 119 Å². The number of benzene rings is 2.